The summed E-state index contributed by atoms with van der Waals surface area (Å²) >= 11 is 0. The minimum atomic E-state index is -0.861. The van der Waals surface area contributed by atoms with Gasteiger partial charge in [-0.15, -0.1) is 0 Å². The van der Waals surface area contributed by atoms with Gasteiger partial charge < -0.3 is 15.3 Å². The molecule has 4 rings (SSSR count). The van der Waals surface area contributed by atoms with Crippen LogP contribution >= 0.6 is 0 Å². The molecule has 5 heteroatoms. The lowest BCUT2D eigenvalue weighted by Gasteiger charge is -2.25. The highest BCUT2D eigenvalue weighted by atomic mass is 16.3. The van der Waals surface area contributed by atoms with Gasteiger partial charge in [0.1, 0.15) is 6.10 Å². The van der Waals surface area contributed by atoms with Crippen LogP contribution in [-0.2, 0) is 6.42 Å². The largest absolute Gasteiger partial charge is 0.386 e. The summed E-state index contributed by atoms with van der Waals surface area (Å²) < 4.78 is 0. The monoisotopic (exact) mass is 415 g/mol. The van der Waals surface area contributed by atoms with E-state index in [1.807, 2.05) is 72.8 Å². The fourth-order valence-electron chi connectivity index (χ4n) is 4.06. The third-order valence-electron chi connectivity index (χ3n) is 5.87. The second kappa shape index (κ2) is 10.3. The van der Waals surface area contributed by atoms with E-state index in [0.29, 0.717) is 5.56 Å². The van der Waals surface area contributed by atoms with Crippen LogP contribution in [0.4, 0.5) is 0 Å². The first kappa shape index (κ1) is 21.2. The molecule has 0 radical (unpaired) electrons. The molecule has 1 amide bonds. The molecule has 1 saturated heterocycles. The predicted octanol–water partition coefficient (Wildman–Crippen LogP) is 3.92. The summed E-state index contributed by atoms with van der Waals surface area (Å²) in [4.78, 5) is 19.9. The Morgan fingerprint density at radius 1 is 0.935 bits per heavy atom. The van der Waals surface area contributed by atoms with Crippen LogP contribution < -0.4 is 5.32 Å². The fourth-order valence-corrected chi connectivity index (χ4v) is 4.06. The van der Waals surface area contributed by atoms with Crippen molar-refractivity contribution in [2.45, 2.75) is 31.4 Å². The number of benzene rings is 2. The van der Waals surface area contributed by atoms with Crippen LogP contribution in [0, 0.1) is 0 Å². The molecule has 0 aliphatic carbocycles. The molecule has 0 bridgehead atoms. The van der Waals surface area contributed by atoms with Crippen LogP contribution in [0.3, 0.4) is 0 Å². The zero-order chi connectivity index (χ0) is 21.5. The maximum absolute atomic E-state index is 13.0. The first-order valence-electron chi connectivity index (χ1n) is 11.0. The molecule has 2 atom stereocenters. The van der Waals surface area contributed by atoms with Gasteiger partial charge in [-0.1, -0.05) is 60.7 Å². The summed E-state index contributed by atoms with van der Waals surface area (Å²) in [6.07, 6.45) is 4.22. The molecule has 0 spiro atoms. The smallest absolute Gasteiger partial charge is 0.253 e. The van der Waals surface area contributed by atoms with Crippen LogP contribution in [-0.4, -0.2) is 40.5 Å². The Morgan fingerprint density at radius 3 is 2.19 bits per heavy atom. The van der Waals surface area contributed by atoms with E-state index in [1.54, 1.807) is 6.20 Å². The van der Waals surface area contributed by atoms with E-state index in [-0.39, 0.29) is 5.91 Å². The van der Waals surface area contributed by atoms with E-state index < -0.39 is 12.1 Å². The van der Waals surface area contributed by atoms with Crippen molar-refractivity contribution in [1.82, 2.24) is 15.2 Å². The lowest BCUT2D eigenvalue weighted by atomic mass is 9.95. The number of amides is 1. The Labute approximate surface area is 183 Å². The molecule has 1 aliphatic heterocycles. The molecule has 2 aromatic carbocycles. The number of hydrogen-bond donors (Lipinski definition) is 2. The first-order valence-corrected chi connectivity index (χ1v) is 11.0. The Hall–Kier alpha value is -3.02. The van der Waals surface area contributed by atoms with Crippen molar-refractivity contribution >= 4 is 5.91 Å². The molecule has 5 nitrogen and oxygen atoms in total. The lowest BCUT2D eigenvalue weighted by Crippen LogP contribution is -2.32. The molecule has 160 valence electrons. The van der Waals surface area contributed by atoms with E-state index in [1.165, 1.54) is 25.9 Å². The van der Waals surface area contributed by atoms with Crippen LogP contribution in [0.5, 0.6) is 0 Å². The van der Waals surface area contributed by atoms with E-state index >= 15 is 0 Å². The van der Waals surface area contributed by atoms with Gasteiger partial charge in [0, 0.05) is 24.9 Å². The third kappa shape index (κ3) is 5.57. The van der Waals surface area contributed by atoms with Crippen molar-refractivity contribution in [3.63, 3.8) is 0 Å². The number of aliphatic hydroxyl groups excluding tert-OH is 1. The van der Waals surface area contributed by atoms with E-state index in [0.717, 1.165) is 29.8 Å². The van der Waals surface area contributed by atoms with Crippen molar-refractivity contribution in [1.29, 1.82) is 0 Å². The number of aliphatic hydroxyl groups is 1. The summed E-state index contributed by atoms with van der Waals surface area (Å²) in [5, 5.41) is 14.0. The molecule has 2 N–H and O–H groups in total. The number of rotatable bonds is 8. The van der Waals surface area contributed by atoms with E-state index in [9.17, 15) is 9.90 Å². The Bertz CT molecular complexity index is 955. The highest BCUT2D eigenvalue weighted by molar-refractivity contribution is 5.94. The van der Waals surface area contributed by atoms with Gasteiger partial charge in [-0.05, 0) is 49.2 Å². The van der Waals surface area contributed by atoms with E-state index in [4.69, 9.17) is 0 Å². The molecule has 2 heterocycles. The zero-order valence-corrected chi connectivity index (χ0v) is 17.7. The molecule has 0 saturated carbocycles. The van der Waals surface area contributed by atoms with Gasteiger partial charge >= 0.3 is 0 Å². The minimum absolute atomic E-state index is 0.248. The van der Waals surface area contributed by atoms with Crippen molar-refractivity contribution in [2.24, 2.45) is 0 Å². The quantitative estimate of drug-likeness (QED) is 0.585. The average Bonchev–Trinajstić information content (AvgIpc) is 3.36. The lowest BCUT2D eigenvalue weighted by molar-refractivity contribution is 0.0831. The topological polar surface area (TPSA) is 65.5 Å². The third-order valence-corrected chi connectivity index (χ3v) is 5.87. The number of carbonyl (C=O) groups excluding carboxylic acids is 1. The standard InChI is InChI=1S/C26H29N3O2/c30-25(21-11-5-2-6-12-21)24(20-9-3-1-4-10-20)28-26(31)22-13-14-23(27-19-22)15-18-29-16-7-8-17-29/h1-6,9-14,19,24-25,30H,7-8,15-18H2,(H,28,31)/t24-,25?/m1/s1. The van der Waals surface area contributed by atoms with Gasteiger partial charge in [0.05, 0.1) is 11.6 Å². The number of aromatic nitrogens is 1. The molecule has 3 aromatic rings. The molecule has 1 fully saturated rings. The van der Waals surface area contributed by atoms with Crippen LogP contribution in [0.15, 0.2) is 79.0 Å². The number of nitrogens with one attached hydrogen (secondary N) is 1. The van der Waals surface area contributed by atoms with Crippen molar-refractivity contribution in [3.8, 4) is 0 Å². The number of pyridine rings is 1. The highest BCUT2D eigenvalue weighted by Crippen LogP contribution is 2.29. The number of hydrogen-bond acceptors (Lipinski definition) is 4. The fraction of sp³-hybridized carbons (Fsp3) is 0.308. The van der Waals surface area contributed by atoms with Crippen molar-refractivity contribution < 1.29 is 9.90 Å². The van der Waals surface area contributed by atoms with Gasteiger partial charge in [-0.25, -0.2) is 0 Å². The van der Waals surface area contributed by atoms with Gasteiger partial charge in [0.25, 0.3) is 5.91 Å². The summed E-state index contributed by atoms with van der Waals surface area (Å²) in [5.41, 5.74) is 3.09. The SMILES string of the molecule is O=C(N[C@H](c1ccccc1)C(O)c1ccccc1)c1ccc(CCN2CCCC2)nc1. The summed E-state index contributed by atoms with van der Waals surface area (Å²) in [7, 11) is 0. The summed E-state index contributed by atoms with van der Waals surface area (Å²) in [6, 6.07) is 22.1. The van der Waals surface area contributed by atoms with Gasteiger partial charge in [0.15, 0.2) is 0 Å². The van der Waals surface area contributed by atoms with Gasteiger partial charge in [-0.3, -0.25) is 9.78 Å². The molecule has 1 aromatic heterocycles. The number of likely N-dealkylation sites (tertiary alicyclic amines) is 1. The zero-order valence-electron chi connectivity index (χ0n) is 17.7. The normalized spacial score (nSPS) is 16.0. The summed E-state index contributed by atoms with van der Waals surface area (Å²) in [6.45, 7) is 3.36. The van der Waals surface area contributed by atoms with Crippen molar-refractivity contribution in [3.05, 3.63) is 101 Å². The molecular weight excluding hydrogens is 386 g/mol. The second-order valence-corrected chi connectivity index (χ2v) is 8.05. The van der Waals surface area contributed by atoms with Crippen molar-refractivity contribution in [2.75, 3.05) is 19.6 Å². The van der Waals surface area contributed by atoms with Crippen LogP contribution in [0.1, 0.15) is 52.2 Å². The number of carbonyl (C=O) groups is 1. The summed E-state index contributed by atoms with van der Waals surface area (Å²) in [5.74, 6) is -0.248. The minimum Gasteiger partial charge on any atom is -0.386 e. The Morgan fingerprint density at radius 2 is 1.58 bits per heavy atom. The maximum Gasteiger partial charge on any atom is 0.253 e. The highest BCUT2D eigenvalue weighted by Gasteiger charge is 2.25. The Balaban J connectivity index is 1.45. The molecule has 1 aliphatic rings. The van der Waals surface area contributed by atoms with Gasteiger partial charge in [-0.2, -0.15) is 0 Å². The van der Waals surface area contributed by atoms with E-state index in [2.05, 4.69) is 15.2 Å². The van der Waals surface area contributed by atoms with Gasteiger partial charge in [0.2, 0.25) is 0 Å². The molecule has 31 heavy (non-hydrogen) atoms. The van der Waals surface area contributed by atoms with Crippen LogP contribution in [0.2, 0.25) is 0 Å². The first-order chi connectivity index (χ1) is 15.2. The Kier molecular flexibility index (Phi) is 7.07. The number of nitrogens with zero attached hydrogens (tertiary/aromatic N) is 2. The molecular formula is C26H29N3O2. The molecule has 1 unspecified atom stereocenters. The second-order valence-electron chi connectivity index (χ2n) is 8.05. The average molecular weight is 416 g/mol. The van der Waals surface area contributed by atoms with Crippen LogP contribution in [0.25, 0.3) is 0 Å². The maximum atomic E-state index is 13.0. The predicted molar refractivity (Wildman–Crippen MR) is 122 cm³/mol.